The van der Waals surface area contributed by atoms with Crippen molar-refractivity contribution in [3.05, 3.63) is 62.7 Å². The van der Waals surface area contributed by atoms with E-state index >= 15 is 0 Å². The zero-order valence-electron chi connectivity index (χ0n) is 13.1. The maximum absolute atomic E-state index is 11.7. The maximum Gasteiger partial charge on any atom is 0.311 e. The summed E-state index contributed by atoms with van der Waals surface area (Å²) in [5.41, 5.74) is 2.93. The average molecular weight is 364 g/mol. The van der Waals surface area contributed by atoms with Crippen LogP contribution in [0.5, 0.6) is 11.5 Å². The maximum atomic E-state index is 11.7. The first-order valence-corrected chi connectivity index (χ1v) is 7.43. The Morgan fingerprint density at radius 1 is 1.40 bits per heavy atom. The van der Waals surface area contributed by atoms with Crippen LogP contribution in [0.25, 0.3) is 0 Å². The molecule has 8 nitrogen and oxygen atoms in total. The highest BCUT2D eigenvalue weighted by Crippen LogP contribution is 2.25. The molecule has 0 radical (unpaired) electrons. The predicted molar refractivity (Wildman–Crippen MR) is 92.2 cm³/mol. The molecule has 0 spiro atoms. The molecule has 9 heteroatoms. The summed E-state index contributed by atoms with van der Waals surface area (Å²) in [6.45, 7) is 1.55. The number of rotatable bonds is 6. The van der Waals surface area contributed by atoms with Crippen LogP contribution in [0, 0.1) is 17.0 Å². The number of aryl methyl sites for hydroxylation is 1. The number of nitrogens with one attached hydrogen (secondary N) is 1. The Bertz CT molecular complexity index is 839. The van der Waals surface area contributed by atoms with Gasteiger partial charge in [-0.05, 0) is 42.8 Å². The molecule has 0 aliphatic heterocycles. The molecule has 2 N–H and O–H groups in total. The number of ether oxygens (including phenoxy) is 1. The first kappa shape index (κ1) is 18.2. The van der Waals surface area contributed by atoms with Crippen LogP contribution in [0.4, 0.5) is 5.69 Å². The lowest BCUT2D eigenvalue weighted by molar-refractivity contribution is -0.385. The normalized spacial score (nSPS) is 10.6. The third kappa shape index (κ3) is 5.18. The largest absolute Gasteiger partial charge is 0.502 e. The number of halogens is 1. The number of phenols is 1. The lowest BCUT2D eigenvalue weighted by atomic mass is 10.2. The van der Waals surface area contributed by atoms with Gasteiger partial charge in [0.15, 0.2) is 12.4 Å². The first-order valence-electron chi connectivity index (χ1n) is 7.05. The highest BCUT2D eigenvalue weighted by atomic mass is 35.5. The molecule has 0 saturated carbocycles. The van der Waals surface area contributed by atoms with Gasteiger partial charge in [0.2, 0.25) is 0 Å². The number of nitro groups is 1. The highest BCUT2D eigenvalue weighted by Gasteiger charge is 2.12. The molecule has 0 aliphatic carbocycles. The lowest BCUT2D eigenvalue weighted by Gasteiger charge is -2.08. The van der Waals surface area contributed by atoms with E-state index in [2.05, 4.69) is 10.5 Å². The number of nitro benzene ring substituents is 1. The van der Waals surface area contributed by atoms with E-state index in [0.717, 1.165) is 11.6 Å². The summed E-state index contributed by atoms with van der Waals surface area (Å²) in [5.74, 6) is -0.422. The van der Waals surface area contributed by atoms with Crippen molar-refractivity contribution in [3.63, 3.8) is 0 Å². The zero-order valence-corrected chi connectivity index (χ0v) is 13.9. The van der Waals surface area contributed by atoms with Crippen molar-refractivity contribution in [3.8, 4) is 11.5 Å². The Kier molecular flexibility index (Phi) is 5.91. The van der Waals surface area contributed by atoms with Gasteiger partial charge in [0.25, 0.3) is 5.91 Å². The second kappa shape index (κ2) is 8.11. The number of nitrogens with zero attached hydrogens (tertiary/aromatic N) is 2. The number of hydrogen-bond acceptors (Lipinski definition) is 6. The smallest absolute Gasteiger partial charge is 0.311 e. The summed E-state index contributed by atoms with van der Waals surface area (Å²) < 4.78 is 5.36. The number of aromatic hydroxyl groups is 1. The van der Waals surface area contributed by atoms with Crippen LogP contribution in [0.3, 0.4) is 0 Å². The van der Waals surface area contributed by atoms with Gasteiger partial charge in [-0.1, -0.05) is 11.6 Å². The molecule has 25 heavy (non-hydrogen) atoms. The van der Waals surface area contributed by atoms with E-state index in [-0.39, 0.29) is 6.61 Å². The molecule has 0 atom stereocenters. The Labute approximate surface area is 147 Å². The van der Waals surface area contributed by atoms with Crippen LogP contribution in [-0.4, -0.2) is 28.8 Å². The van der Waals surface area contributed by atoms with Crippen molar-refractivity contribution in [1.29, 1.82) is 0 Å². The molecule has 1 amide bonds. The Morgan fingerprint density at radius 3 is 2.84 bits per heavy atom. The summed E-state index contributed by atoms with van der Waals surface area (Å²) in [6.07, 6.45) is 1.22. The van der Waals surface area contributed by atoms with Gasteiger partial charge >= 0.3 is 5.69 Å². The Balaban J connectivity index is 1.90. The first-order chi connectivity index (χ1) is 11.9. The monoisotopic (exact) mass is 363 g/mol. The molecule has 0 aliphatic rings. The summed E-state index contributed by atoms with van der Waals surface area (Å²) in [7, 11) is 0. The summed E-state index contributed by atoms with van der Waals surface area (Å²) in [6, 6.07) is 8.75. The van der Waals surface area contributed by atoms with Crippen LogP contribution >= 0.6 is 11.6 Å². The predicted octanol–water partition coefficient (Wildman–Crippen LogP) is 2.79. The van der Waals surface area contributed by atoms with Crippen LogP contribution in [-0.2, 0) is 4.79 Å². The van der Waals surface area contributed by atoms with Crippen molar-refractivity contribution >= 4 is 29.4 Å². The lowest BCUT2D eigenvalue weighted by Crippen LogP contribution is -2.24. The molecule has 2 rings (SSSR count). The molecule has 0 fully saturated rings. The topological polar surface area (TPSA) is 114 Å². The minimum Gasteiger partial charge on any atom is -0.502 e. The van der Waals surface area contributed by atoms with Crippen LogP contribution < -0.4 is 10.2 Å². The second-order valence-corrected chi connectivity index (χ2v) is 5.43. The highest BCUT2D eigenvalue weighted by molar-refractivity contribution is 6.30. The number of benzene rings is 2. The van der Waals surface area contributed by atoms with Gasteiger partial charge in [0.05, 0.1) is 11.1 Å². The molecule has 130 valence electrons. The summed E-state index contributed by atoms with van der Waals surface area (Å²) in [5, 5.41) is 24.3. The molecule has 0 aromatic heterocycles. The van der Waals surface area contributed by atoms with Gasteiger partial charge in [-0.3, -0.25) is 14.9 Å². The summed E-state index contributed by atoms with van der Waals surface area (Å²) >= 11 is 5.84. The minimum absolute atomic E-state index is 0.254. The number of carbonyl (C=O) groups is 1. The molecule has 0 unspecified atom stereocenters. The Hall–Kier alpha value is -3.13. The molecule has 0 bridgehead atoms. The average Bonchev–Trinajstić information content (AvgIpc) is 2.55. The van der Waals surface area contributed by atoms with Crippen molar-refractivity contribution in [2.75, 3.05) is 6.61 Å². The molecule has 2 aromatic carbocycles. The number of hydrogen-bond donors (Lipinski definition) is 2. The van der Waals surface area contributed by atoms with Crippen molar-refractivity contribution in [2.45, 2.75) is 6.92 Å². The number of carbonyl (C=O) groups excluding carboxylic acids is 1. The molecule has 2 aromatic rings. The van der Waals surface area contributed by atoms with E-state index < -0.39 is 22.3 Å². The fraction of sp³-hybridized carbons (Fsp3) is 0.125. The fourth-order valence-electron chi connectivity index (χ4n) is 1.90. The van der Waals surface area contributed by atoms with Gasteiger partial charge < -0.3 is 9.84 Å². The quantitative estimate of drug-likeness (QED) is 0.465. The van der Waals surface area contributed by atoms with Gasteiger partial charge in [-0.25, -0.2) is 5.43 Å². The van der Waals surface area contributed by atoms with Gasteiger partial charge in [-0.15, -0.1) is 0 Å². The van der Waals surface area contributed by atoms with Crippen LogP contribution in [0.15, 0.2) is 41.5 Å². The molecular formula is C16H14ClN3O5. The van der Waals surface area contributed by atoms with Crippen LogP contribution in [0.1, 0.15) is 11.1 Å². The van der Waals surface area contributed by atoms with Crippen molar-refractivity contribution in [1.82, 2.24) is 5.43 Å². The molecular weight excluding hydrogens is 350 g/mol. The fourth-order valence-corrected chi connectivity index (χ4v) is 2.12. The van der Waals surface area contributed by atoms with Crippen molar-refractivity contribution < 1.29 is 19.6 Å². The molecule has 0 saturated heterocycles. The van der Waals surface area contributed by atoms with Crippen molar-refractivity contribution in [2.24, 2.45) is 5.10 Å². The second-order valence-electron chi connectivity index (χ2n) is 5.00. The van der Waals surface area contributed by atoms with E-state index in [4.69, 9.17) is 16.3 Å². The number of amides is 1. The standard InChI is InChI=1S/C16H14ClN3O5/c1-10-6-12(17)3-5-15(10)25-9-16(22)19-18-8-11-2-4-14(21)13(7-11)20(23)24/h2-8,21H,9H2,1H3,(H,19,22)/b18-8+. The van der Waals surface area contributed by atoms with E-state index in [1.54, 1.807) is 25.1 Å². The number of hydrazone groups is 1. The van der Waals surface area contributed by atoms with E-state index in [0.29, 0.717) is 16.3 Å². The van der Waals surface area contributed by atoms with Gasteiger partial charge in [-0.2, -0.15) is 5.10 Å². The van der Waals surface area contributed by atoms with Crippen LogP contribution in [0.2, 0.25) is 5.02 Å². The van der Waals surface area contributed by atoms with E-state index in [9.17, 15) is 20.0 Å². The minimum atomic E-state index is -0.715. The van der Waals surface area contributed by atoms with E-state index in [1.165, 1.54) is 18.3 Å². The Morgan fingerprint density at radius 2 is 2.16 bits per heavy atom. The van der Waals surface area contributed by atoms with Gasteiger partial charge in [0, 0.05) is 16.7 Å². The number of phenolic OH excluding ortho intramolecular Hbond substituents is 1. The molecule has 0 heterocycles. The summed E-state index contributed by atoms with van der Waals surface area (Å²) in [4.78, 5) is 21.7. The van der Waals surface area contributed by atoms with E-state index in [1.807, 2.05) is 0 Å². The van der Waals surface area contributed by atoms with Gasteiger partial charge in [0.1, 0.15) is 5.75 Å². The third-order valence-corrected chi connectivity index (χ3v) is 3.33. The SMILES string of the molecule is Cc1cc(Cl)ccc1OCC(=O)N/N=C/c1ccc(O)c([N+](=O)[O-])c1. The zero-order chi connectivity index (χ0) is 18.4. The third-order valence-electron chi connectivity index (χ3n) is 3.09.